The molecule has 2 aliphatic carbocycles. The van der Waals surface area contributed by atoms with Gasteiger partial charge in [-0.1, -0.05) is 0 Å². The molecule has 3 N–H and O–H groups in total. The lowest BCUT2D eigenvalue weighted by Crippen LogP contribution is -2.41. The molecule has 9 heteroatoms. The number of hydrogen-bond donors (Lipinski definition) is 3. The molecule has 0 spiro atoms. The molecule has 5 nitrogen and oxygen atoms in total. The zero-order valence-corrected chi connectivity index (χ0v) is 17.1. The van der Waals surface area contributed by atoms with Crippen molar-refractivity contribution in [2.24, 2.45) is 11.8 Å². The van der Waals surface area contributed by atoms with Crippen molar-refractivity contribution in [2.75, 3.05) is 17.2 Å². The van der Waals surface area contributed by atoms with Crippen LogP contribution in [-0.2, 0) is 11.0 Å². The highest BCUT2D eigenvalue weighted by molar-refractivity contribution is 6.04. The van der Waals surface area contributed by atoms with Gasteiger partial charge >= 0.3 is 6.18 Å². The maximum absolute atomic E-state index is 13.6. The fourth-order valence-corrected chi connectivity index (χ4v) is 3.76. The summed E-state index contributed by atoms with van der Waals surface area (Å²) in [6.45, 7) is -0.277. The van der Waals surface area contributed by atoms with Crippen LogP contribution < -0.4 is 16.0 Å². The number of carbonyl (C=O) groups excluding carboxylic acids is 2. The standard InChI is InChI=1S/C23H23F4N3O2/c24-16-7-5-15(6-8-16)22(32)29-17-9-10-19(18(11-17)23(25,26)27)28-12-20(31)30-21(13-1-2-13)14-3-4-14/h5-11,13-14,21,28H,1-4,12H2,(H,29,32)(H,30,31). The lowest BCUT2D eigenvalue weighted by atomic mass is 10.1. The third-order valence-corrected chi connectivity index (χ3v) is 5.72. The first kappa shape index (κ1) is 22.1. The predicted octanol–water partition coefficient (Wildman–Crippen LogP) is 4.81. The summed E-state index contributed by atoms with van der Waals surface area (Å²) in [4.78, 5) is 24.5. The summed E-state index contributed by atoms with van der Waals surface area (Å²) in [5.74, 6) is -0.552. The second-order valence-corrected chi connectivity index (χ2v) is 8.34. The predicted molar refractivity (Wildman–Crippen MR) is 112 cm³/mol. The average molecular weight is 449 g/mol. The van der Waals surface area contributed by atoms with Gasteiger partial charge in [0.25, 0.3) is 5.91 Å². The molecule has 2 aromatic carbocycles. The Labute approximate surface area is 182 Å². The number of alkyl halides is 3. The van der Waals surface area contributed by atoms with Crippen LogP contribution in [0.3, 0.4) is 0 Å². The Kier molecular flexibility index (Phi) is 6.08. The summed E-state index contributed by atoms with van der Waals surface area (Å²) in [5, 5.41) is 7.92. The van der Waals surface area contributed by atoms with Crippen molar-refractivity contribution in [1.82, 2.24) is 5.32 Å². The molecule has 170 valence electrons. The van der Waals surface area contributed by atoms with Crippen molar-refractivity contribution in [3.05, 3.63) is 59.4 Å². The summed E-state index contributed by atoms with van der Waals surface area (Å²) in [6, 6.07) is 8.06. The van der Waals surface area contributed by atoms with E-state index in [0.717, 1.165) is 43.9 Å². The van der Waals surface area contributed by atoms with Crippen molar-refractivity contribution < 1.29 is 27.2 Å². The minimum absolute atomic E-state index is 0.0656. The normalized spacial score (nSPS) is 16.0. The van der Waals surface area contributed by atoms with Crippen LogP contribution in [0, 0.1) is 17.7 Å². The first-order valence-electron chi connectivity index (χ1n) is 10.5. The van der Waals surface area contributed by atoms with Crippen LogP contribution in [0.15, 0.2) is 42.5 Å². The summed E-state index contributed by atoms with van der Waals surface area (Å²) in [6.07, 6.45) is -0.368. The number of anilines is 2. The molecule has 4 rings (SSSR count). The van der Waals surface area contributed by atoms with Crippen molar-refractivity contribution in [3.8, 4) is 0 Å². The van der Waals surface area contributed by atoms with E-state index in [9.17, 15) is 27.2 Å². The van der Waals surface area contributed by atoms with Gasteiger partial charge in [-0.3, -0.25) is 9.59 Å². The van der Waals surface area contributed by atoms with E-state index < -0.39 is 23.5 Å². The molecule has 2 saturated carbocycles. The summed E-state index contributed by atoms with van der Waals surface area (Å²) in [5.41, 5.74) is -1.20. The molecule has 2 fully saturated rings. The fraction of sp³-hybridized carbons (Fsp3) is 0.391. The second-order valence-electron chi connectivity index (χ2n) is 8.34. The highest BCUT2D eigenvalue weighted by Crippen LogP contribution is 2.44. The van der Waals surface area contributed by atoms with Crippen LogP contribution in [-0.4, -0.2) is 24.4 Å². The zero-order chi connectivity index (χ0) is 22.9. The van der Waals surface area contributed by atoms with Gasteiger partial charge in [-0.25, -0.2) is 4.39 Å². The highest BCUT2D eigenvalue weighted by atomic mass is 19.4. The third-order valence-electron chi connectivity index (χ3n) is 5.72. The molecule has 0 unspecified atom stereocenters. The van der Waals surface area contributed by atoms with Crippen molar-refractivity contribution in [2.45, 2.75) is 37.9 Å². The largest absolute Gasteiger partial charge is 0.418 e. The van der Waals surface area contributed by atoms with Gasteiger partial charge in [0.1, 0.15) is 5.82 Å². The number of amides is 2. The maximum Gasteiger partial charge on any atom is 0.418 e. The van der Waals surface area contributed by atoms with E-state index in [2.05, 4.69) is 16.0 Å². The van der Waals surface area contributed by atoms with Gasteiger partial charge in [-0.05, 0) is 80.0 Å². The van der Waals surface area contributed by atoms with E-state index in [-0.39, 0.29) is 35.4 Å². The van der Waals surface area contributed by atoms with E-state index >= 15 is 0 Å². The molecule has 0 heterocycles. The molecular weight excluding hydrogens is 426 g/mol. The molecule has 2 amide bonds. The summed E-state index contributed by atoms with van der Waals surface area (Å²) in [7, 11) is 0. The van der Waals surface area contributed by atoms with Gasteiger partial charge < -0.3 is 16.0 Å². The van der Waals surface area contributed by atoms with Gasteiger partial charge in [-0.15, -0.1) is 0 Å². The van der Waals surface area contributed by atoms with Crippen LogP contribution in [0.5, 0.6) is 0 Å². The molecule has 2 aromatic rings. The number of benzene rings is 2. The fourth-order valence-electron chi connectivity index (χ4n) is 3.76. The van der Waals surface area contributed by atoms with Crippen LogP contribution in [0.4, 0.5) is 28.9 Å². The first-order chi connectivity index (χ1) is 15.2. The van der Waals surface area contributed by atoms with Gasteiger partial charge in [-0.2, -0.15) is 13.2 Å². The summed E-state index contributed by atoms with van der Waals surface area (Å²) >= 11 is 0. The van der Waals surface area contributed by atoms with Gasteiger partial charge in [0.2, 0.25) is 5.91 Å². The van der Waals surface area contributed by atoms with Crippen LogP contribution in [0.25, 0.3) is 0 Å². The van der Waals surface area contributed by atoms with Crippen molar-refractivity contribution in [3.63, 3.8) is 0 Å². The Balaban J connectivity index is 1.42. The molecule has 0 saturated heterocycles. The lowest BCUT2D eigenvalue weighted by Gasteiger charge is -2.19. The Bertz CT molecular complexity index is 987. The van der Waals surface area contributed by atoms with E-state index in [0.29, 0.717) is 11.8 Å². The maximum atomic E-state index is 13.6. The van der Waals surface area contributed by atoms with Crippen molar-refractivity contribution >= 4 is 23.2 Å². The third kappa shape index (κ3) is 5.57. The molecule has 0 bridgehead atoms. The zero-order valence-electron chi connectivity index (χ0n) is 17.1. The highest BCUT2D eigenvalue weighted by Gasteiger charge is 2.42. The van der Waals surface area contributed by atoms with Gasteiger partial charge in [0.05, 0.1) is 12.1 Å². The molecule has 0 radical (unpaired) electrons. The van der Waals surface area contributed by atoms with Crippen molar-refractivity contribution in [1.29, 1.82) is 0 Å². The van der Waals surface area contributed by atoms with E-state index in [1.165, 1.54) is 24.3 Å². The SMILES string of the molecule is O=C(CNc1ccc(NC(=O)c2ccc(F)cc2)cc1C(F)(F)F)NC(C1CC1)C1CC1. The number of nitrogens with one attached hydrogen (secondary N) is 3. The lowest BCUT2D eigenvalue weighted by molar-refractivity contribution is -0.137. The van der Waals surface area contributed by atoms with Crippen LogP contribution in [0.1, 0.15) is 41.6 Å². The number of carbonyl (C=O) groups is 2. The second kappa shape index (κ2) is 8.80. The number of rotatable bonds is 8. The summed E-state index contributed by atoms with van der Waals surface area (Å²) < 4.78 is 53.8. The van der Waals surface area contributed by atoms with Crippen LogP contribution in [0.2, 0.25) is 0 Å². The van der Waals surface area contributed by atoms with E-state index in [1.54, 1.807) is 0 Å². The molecular formula is C23H23F4N3O2. The molecule has 0 aromatic heterocycles. The quantitative estimate of drug-likeness (QED) is 0.507. The Morgan fingerprint density at radius 2 is 1.59 bits per heavy atom. The van der Waals surface area contributed by atoms with E-state index in [4.69, 9.17) is 0 Å². The molecule has 32 heavy (non-hydrogen) atoms. The topological polar surface area (TPSA) is 70.2 Å². The van der Waals surface area contributed by atoms with Gasteiger partial charge in [0.15, 0.2) is 0 Å². The van der Waals surface area contributed by atoms with Crippen LogP contribution >= 0.6 is 0 Å². The number of halogens is 4. The minimum Gasteiger partial charge on any atom is -0.376 e. The van der Waals surface area contributed by atoms with Gasteiger partial charge in [0, 0.05) is 23.0 Å². The smallest absolute Gasteiger partial charge is 0.376 e. The van der Waals surface area contributed by atoms with E-state index in [1.807, 2.05) is 0 Å². The molecule has 0 aliphatic heterocycles. The average Bonchev–Trinajstić information content (AvgIpc) is 3.64. The monoisotopic (exact) mass is 449 g/mol. The minimum atomic E-state index is -4.69. The first-order valence-corrected chi connectivity index (χ1v) is 10.5. The Morgan fingerprint density at radius 3 is 2.16 bits per heavy atom. The Morgan fingerprint density at radius 1 is 0.969 bits per heavy atom. The Hall–Kier alpha value is -3.10. The molecule has 0 atom stereocenters. The number of hydrogen-bond acceptors (Lipinski definition) is 3. The molecule has 2 aliphatic rings.